The smallest absolute Gasteiger partial charge is 0.369 e. The van der Waals surface area contributed by atoms with Crippen molar-refractivity contribution in [2.24, 2.45) is 11.5 Å². The minimum absolute atomic E-state index is 1.35. The van der Waals surface area contributed by atoms with Crippen molar-refractivity contribution in [3.63, 3.8) is 0 Å². The van der Waals surface area contributed by atoms with Gasteiger partial charge in [0.25, 0.3) is 0 Å². The second kappa shape index (κ2) is 6.18. The molecule has 0 spiro atoms. The number of hydrogen-bond acceptors (Lipinski definition) is 2. The highest BCUT2D eigenvalue weighted by Crippen LogP contribution is 2.18. The summed E-state index contributed by atoms with van der Waals surface area (Å²) in [6.45, 7) is 0. The van der Waals surface area contributed by atoms with E-state index in [-0.39, 0.29) is 0 Å². The molecule has 0 bridgehead atoms. The van der Waals surface area contributed by atoms with E-state index in [2.05, 4.69) is 11.5 Å². The fourth-order valence-corrected chi connectivity index (χ4v) is 0.395. The number of nitrogens with two attached hydrogens (primary N) is 2. The van der Waals surface area contributed by atoms with Gasteiger partial charge in [0.05, 0.1) is 0 Å². The molecule has 0 aliphatic heterocycles. The van der Waals surface area contributed by atoms with E-state index in [1.807, 2.05) is 0 Å². The van der Waals surface area contributed by atoms with Crippen molar-refractivity contribution >= 4 is 11.8 Å². The van der Waals surface area contributed by atoms with Gasteiger partial charge in [0.1, 0.15) is 12.8 Å². The lowest BCUT2D eigenvalue weighted by Crippen LogP contribution is -2.21. The maximum absolute atomic E-state index is 11.0. The first-order chi connectivity index (χ1) is 6.83. The third-order valence-corrected chi connectivity index (χ3v) is 0.749. The third-order valence-electron chi connectivity index (χ3n) is 0.749. The van der Waals surface area contributed by atoms with Crippen LogP contribution in [0.4, 0.5) is 26.3 Å². The Bertz CT molecular complexity index is 220. The van der Waals surface area contributed by atoms with Crippen LogP contribution in [0.25, 0.3) is 0 Å². The number of carbonyl (C=O) groups excluding carboxylic acids is 2. The summed E-state index contributed by atoms with van der Waals surface area (Å²) in [4.78, 5) is 19.0. The van der Waals surface area contributed by atoms with E-state index in [4.69, 9.17) is 0 Å². The largest absolute Gasteiger partial charge is 0.397 e. The summed E-state index contributed by atoms with van der Waals surface area (Å²) in [6.07, 6.45) is -12.0. The Labute approximate surface area is 85.6 Å². The average Bonchev–Trinajstić information content (AvgIpc) is 1.72. The van der Waals surface area contributed by atoms with Gasteiger partial charge in [-0.3, -0.25) is 9.59 Å². The average molecular weight is 254 g/mol. The molecule has 0 unspecified atom stereocenters. The first kappa shape index (κ1) is 16.9. The predicted molar refractivity (Wildman–Crippen MR) is 39.7 cm³/mol. The van der Waals surface area contributed by atoms with Crippen molar-refractivity contribution in [1.82, 2.24) is 0 Å². The molecule has 0 heterocycles. The molecule has 0 saturated carbocycles. The first-order valence-corrected chi connectivity index (χ1v) is 3.53. The number of hydrogen-bond donors (Lipinski definition) is 2. The summed E-state index contributed by atoms with van der Waals surface area (Å²) in [5.74, 6) is -2.70. The molecular formula is C6H8F6N2O2. The zero-order valence-electron chi connectivity index (χ0n) is 7.65. The molecule has 4 nitrogen and oxygen atoms in total. The van der Waals surface area contributed by atoms with Crippen LogP contribution in [0.2, 0.25) is 0 Å². The first-order valence-electron chi connectivity index (χ1n) is 3.53. The van der Waals surface area contributed by atoms with E-state index >= 15 is 0 Å². The van der Waals surface area contributed by atoms with Crippen LogP contribution in [0, 0.1) is 0 Å². The third kappa shape index (κ3) is 22.9. The summed E-state index contributed by atoms with van der Waals surface area (Å²) in [5.41, 5.74) is 8.44. The van der Waals surface area contributed by atoms with Crippen LogP contribution in [0.3, 0.4) is 0 Å². The number of alkyl halides is 6. The van der Waals surface area contributed by atoms with Gasteiger partial charge in [0, 0.05) is 0 Å². The zero-order chi connectivity index (χ0) is 13.6. The van der Waals surface area contributed by atoms with Gasteiger partial charge < -0.3 is 11.5 Å². The Morgan fingerprint density at radius 1 is 0.750 bits per heavy atom. The lowest BCUT2D eigenvalue weighted by Gasteiger charge is -1.99. The van der Waals surface area contributed by atoms with Crippen molar-refractivity contribution < 1.29 is 35.9 Å². The Hall–Kier alpha value is -1.48. The van der Waals surface area contributed by atoms with Crippen LogP contribution in [-0.2, 0) is 9.59 Å². The molecule has 0 atom stereocenters. The van der Waals surface area contributed by atoms with Gasteiger partial charge in [0.2, 0.25) is 11.8 Å². The van der Waals surface area contributed by atoms with Gasteiger partial charge in [-0.05, 0) is 0 Å². The molecule has 0 saturated heterocycles. The molecule has 16 heavy (non-hydrogen) atoms. The van der Waals surface area contributed by atoms with E-state index in [0.29, 0.717) is 0 Å². The Balaban J connectivity index is 0. The molecule has 0 aromatic rings. The Morgan fingerprint density at radius 3 is 0.938 bits per heavy atom. The Kier molecular flexibility index (Phi) is 6.54. The summed E-state index contributed by atoms with van der Waals surface area (Å²) in [5, 5.41) is 0. The van der Waals surface area contributed by atoms with Crippen molar-refractivity contribution in [3.8, 4) is 0 Å². The molecule has 0 rings (SSSR count). The van der Waals surface area contributed by atoms with Crippen LogP contribution >= 0.6 is 0 Å². The quantitative estimate of drug-likeness (QED) is 0.715. The summed E-state index contributed by atoms with van der Waals surface area (Å²) in [7, 11) is 0. The molecular weight excluding hydrogens is 246 g/mol. The van der Waals surface area contributed by atoms with Crippen molar-refractivity contribution in [1.29, 1.82) is 0 Å². The zero-order valence-corrected chi connectivity index (χ0v) is 7.65. The van der Waals surface area contributed by atoms with E-state index in [1.54, 1.807) is 0 Å². The maximum Gasteiger partial charge on any atom is 0.397 e. The van der Waals surface area contributed by atoms with Gasteiger partial charge in [0.15, 0.2) is 0 Å². The van der Waals surface area contributed by atoms with Gasteiger partial charge >= 0.3 is 12.4 Å². The highest BCUT2D eigenvalue weighted by atomic mass is 19.4. The second-order valence-corrected chi connectivity index (χ2v) is 2.52. The lowest BCUT2D eigenvalue weighted by atomic mass is 10.4. The number of carbonyl (C=O) groups is 2. The fourth-order valence-electron chi connectivity index (χ4n) is 0.395. The van der Waals surface area contributed by atoms with Gasteiger partial charge in [-0.15, -0.1) is 0 Å². The molecule has 0 fully saturated rings. The van der Waals surface area contributed by atoms with E-state index < -0.39 is 37.0 Å². The lowest BCUT2D eigenvalue weighted by molar-refractivity contribution is -0.153. The molecule has 0 radical (unpaired) electrons. The van der Waals surface area contributed by atoms with Crippen molar-refractivity contribution in [2.75, 3.05) is 0 Å². The molecule has 2 amide bonds. The monoisotopic (exact) mass is 254 g/mol. The minimum Gasteiger partial charge on any atom is -0.369 e. The molecule has 4 N–H and O–H groups in total. The topological polar surface area (TPSA) is 86.2 Å². The van der Waals surface area contributed by atoms with Crippen LogP contribution in [0.1, 0.15) is 12.8 Å². The number of primary amides is 2. The Morgan fingerprint density at radius 2 is 0.938 bits per heavy atom. The van der Waals surface area contributed by atoms with Crippen molar-refractivity contribution in [2.45, 2.75) is 25.2 Å². The molecule has 96 valence electrons. The van der Waals surface area contributed by atoms with Crippen LogP contribution < -0.4 is 11.5 Å². The summed E-state index contributed by atoms with van der Waals surface area (Å²) in [6, 6.07) is 0. The van der Waals surface area contributed by atoms with E-state index in [1.165, 1.54) is 0 Å². The van der Waals surface area contributed by atoms with E-state index in [9.17, 15) is 35.9 Å². The van der Waals surface area contributed by atoms with Crippen LogP contribution in [0.5, 0.6) is 0 Å². The molecule has 0 aromatic heterocycles. The highest BCUT2D eigenvalue weighted by molar-refractivity contribution is 5.74. The minimum atomic E-state index is -4.45. The molecule has 0 aliphatic rings. The molecule has 0 aromatic carbocycles. The van der Waals surface area contributed by atoms with Crippen LogP contribution in [-0.4, -0.2) is 24.2 Å². The van der Waals surface area contributed by atoms with Gasteiger partial charge in [-0.25, -0.2) is 0 Å². The molecule has 0 aliphatic carbocycles. The fraction of sp³-hybridized carbons (Fsp3) is 0.667. The van der Waals surface area contributed by atoms with Crippen molar-refractivity contribution in [3.05, 3.63) is 0 Å². The normalized spacial score (nSPS) is 11.4. The summed E-state index contributed by atoms with van der Waals surface area (Å²) < 4.78 is 66.0. The maximum atomic E-state index is 11.0. The summed E-state index contributed by atoms with van der Waals surface area (Å²) >= 11 is 0. The number of rotatable bonds is 2. The van der Waals surface area contributed by atoms with Gasteiger partial charge in [-0.2, -0.15) is 26.3 Å². The second-order valence-electron chi connectivity index (χ2n) is 2.52. The van der Waals surface area contributed by atoms with E-state index in [0.717, 1.165) is 0 Å². The predicted octanol–water partition coefficient (Wildman–Crippen LogP) is 0.848. The number of halogens is 6. The molecule has 10 heteroatoms. The number of amides is 2. The highest BCUT2D eigenvalue weighted by Gasteiger charge is 2.30. The van der Waals surface area contributed by atoms with Gasteiger partial charge in [-0.1, -0.05) is 0 Å². The SMILES string of the molecule is NC(=O)CC(F)(F)F.NC(=O)CC(F)(F)F. The standard InChI is InChI=1S/2C3H4F3NO/c2*4-3(5,6)1-2(7)8/h2*1H2,(H2,7,8). The van der Waals surface area contributed by atoms with Crippen LogP contribution in [0.15, 0.2) is 0 Å².